The van der Waals surface area contributed by atoms with Crippen LogP contribution in [0.25, 0.3) is 0 Å². The van der Waals surface area contributed by atoms with Gasteiger partial charge < -0.3 is 14.2 Å². The first-order valence-corrected chi connectivity index (χ1v) is 33.0. The predicted molar refractivity (Wildman–Crippen MR) is 343 cm³/mol. The highest BCUT2D eigenvalue weighted by atomic mass is 16.6. The van der Waals surface area contributed by atoms with Crippen LogP contribution < -0.4 is 0 Å². The van der Waals surface area contributed by atoms with E-state index in [1.807, 2.05) is 6.08 Å². The Kier molecular flexibility index (Phi) is 62.8. The van der Waals surface area contributed by atoms with Crippen LogP contribution in [0.3, 0.4) is 0 Å². The van der Waals surface area contributed by atoms with Gasteiger partial charge in [-0.05, 0) is 116 Å². The zero-order valence-electron chi connectivity index (χ0n) is 51.6. The van der Waals surface area contributed by atoms with Crippen molar-refractivity contribution >= 4 is 17.9 Å². The quantitative estimate of drug-likeness (QED) is 0.0261. The average molecular weight is 1100 g/mol. The van der Waals surface area contributed by atoms with Crippen molar-refractivity contribution in [3.63, 3.8) is 0 Å². The first-order valence-electron chi connectivity index (χ1n) is 33.0. The monoisotopic (exact) mass is 1090 g/mol. The van der Waals surface area contributed by atoms with E-state index in [0.717, 1.165) is 116 Å². The highest BCUT2D eigenvalue weighted by Gasteiger charge is 2.19. The molecule has 0 bridgehead atoms. The van der Waals surface area contributed by atoms with Gasteiger partial charge in [-0.1, -0.05) is 290 Å². The van der Waals surface area contributed by atoms with Gasteiger partial charge in [0.05, 0.1) is 0 Å². The molecule has 0 saturated carbocycles. The van der Waals surface area contributed by atoms with Gasteiger partial charge in [0.1, 0.15) is 13.2 Å². The summed E-state index contributed by atoms with van der Waals surface area (Å²) in [4.78, 5) is 38.2. The fraction of sp³-hybridized carbons (Fsp3) is 0.685. The summed E-state index contributed by atoms with van der Waals surface area (Å²) in [7, 11) is 0. The Hall–Kier alpha value is -4.19. The maximum absolute atomic E-state index is 12.9. The van der Waals surface area contributed by atoms with Crippen LogP contribution in [0, 0.1) is 0 Å². The Bertz CT molecular complexity index is 1640. The van der Waals surface area contributed by atoms with Gasteiger partial charge in [0.25, 0.3) is 0 Å². The minimum absolute atomic E-state index is 0.105. The molecule has 0 aliphatic carbocycles. The van der Waals surface area contributed by atoms with Crippen molar-refractivity contribution < 1.29 is 28.6 Å². The summed E-state index contributed by atoms with van der Waals surface area (Å²) in [5.74, 6) is -0.998. The molecule has 450 valence electrons. The normalized spacial score (nSPS) is 12.9. The summed E-state index contributed by atoms with van der Waals surface area (Å²) in [5.41, 5.74) is 0. The van der Waals surface area contributed by atoms with Crippen molar-refractivity contribution in [1.82, 2.24) is 0 Å². The number of allylic oxidation sites excluding steroid dienone is 20. The molecule has 0 spiro atoms. The van der Waals surface area contributed by atoms with Crippen LogP contribution >= 0.6 is 0 Å². The van der Waals surface area contributed by atoms with Crippen LogP contribution in [0.1, 0.15) is 303 Å². The largest absolute Gasteiger partial charge is 0.462 e. The van der Waals surface area contributed by atoms with Crippen molar-refractivity contribution in [3.05, 3.63) is 122 Å². The second-order valence-electron chi connectivity index (χ2n) is 21.6. The molecule has 0 fully saturated rings. The van der Waals surface area contributed by atoms with E-state index in [2.05, 4.69) is 136 Å². The second kappa shape index (κ2) is 66.3. The minimum atomic E-state index is -0.815. The summed E-state index contributed by atoms with van der Waals surface area (Å²) in [6.07, 6.45) is 92.5. The van der Waals surface area contributed by atoms with Crippen molar-refractivity contribution in [2.24, 2.45) is 0 Å². The number of esters is 3. The highest BCUT2D eigenvalue weighted by Crippen LogP contribution is 2.17. The lowest BCUT2D eigenvalue weighted by molar-refractivity contribution is -0.166. The molecule has 0 aromatic carbocycles. The maximum Gasteiger partial charge on any atom is 0.306 e. The Labute approximate surface area is 488 Å². The molecule has 0 N–H and O–H groups in total. The lowest BCUT2D eigenvalue weighted by atomic mass is 10.0. The van der Waals surface area contributed by atoms with E-state index in [-0.39, 0.29) is 37.5 Å². The molecule has 0 amide bonds. The molecule has 79 heavy (non-hydrogen) atoms. The number of hydrogen-bond donors (Lipinski definition) is 0. The molecule has 0 rings (SSSR count). The lowest BCUT2D eigenvalue weighted by Crippen LogP contribution is -2.30. The number of unbranched alkanes of at least 4 members (excludes halogenated alkanes) is 28. The fourth-order valence-corrected chi connectivity index (χ4v) is 9.07. The standard InChI is InChI=1S/C73H122O6/c1-4-7-10-13-16-19-22-25-27-28-29-30-31-32-33-34-35-36-37-38-39-40-41-42-43-44-46-48-51-54-57-60-63-66-72(75)78-69-70(68-77-71(74)65-62-59-56-53-50-47-24-21-18-15-12-9-6-3)79-73(76)67-64-61-58-55-52-49-45-26-23-20-17-14-11-8-5-2/h7,9-10,12,16-21,25-27,29-30,45,47,50,56,59,70H,4-6,8,11,13-15,22-24,28,31-44,46,48-49,51-55,57-58,60-69H2,1-3H3/b10-7-,12-9-,19-16-,20-17-,21-18-,27-25-,30-29-,45-26-,50-47-,59-56-. The molecule has 0 radical (unpaired) electrons. The van der Waals surface area contributed by atoms with Crippen LogP contribution in [0.5, 0.6) is 0 Å². The maximum atomic E-state index is 12.9. The van der Waals surface area contributed by atoms with E-state index in [0.29, 0.717) is 19.3 Å². The number of hydrogen-bond acceptors (Lipinski definition) is 6. The fourth-order valence-electron chi connectivity index (χ4n) is 9.07. The first-order chi connectivity index (χ1) is 39.0. The molecule has 0 saturated heterocycles. The van der Waals surface area contributed by atoms with Gasteiger partial charge >= 0.3 is 17.9 Å². The molecule has 1 unspecified atom stereocenters. The molecule has 0 aromatic rings. The van der Waals surface area contributed by atoms with Crippen LogP contribution in [0.2, 0.25) is 0 Å². The summed E-state index contributed by atoms with van der Waals surface area (Å²) >= 11 is 0. The van der Waals surface area contributed by atoms with E-state index < -0.39 is 6.10 Å². The molecule has 0 aliphatic heterocycles. The van der Waals surface area contributed by atoms with E-state index in [1.165, 1.54) is 141 Å². The highest BCUT2D eigenvalue weighted by molar-refractivity contribution is 5.71. The van der Waals surface area contributed by atoms with Gasteiger partial charge in [-0.25, -0.2) is 0 Å². The topological polar surface area (TPSA) is 78.9 Å². The van der Waals surface area contributed by atoms with E-state index >= 15 is 0 Å². The molecular formula is C73H122O6. The third kappa shape index (κ3) is 64.5. The van der Waals surface area contributed by atoms with Crippen molar-refractivity contribution in [3.8, 4) is 0 Å². The van der Waals surface area contributed by atoms with Crippen LogP contribution in [-0.4, -0.2) is 37.2 Å². The molecule has 6 heteroatoms. The average Bonchev–Trinajstić information content (AvgIpc) is 3.45. The van der Waals surface area contributed by atoms with Gasteiger partial charge in [-0.15, -0.1) is 0 Å². The minimum Gasteiger partial charge on any atom is -0.462 e. The van der Waals surface area contributed by atoms with Crippen LogP contribution in [-0.2, 0) is 28.6 Å². The molecule has 6 nitrogen and oxygen atoms in total. The van der Waals surface area contributed by atoms with E-state index in [1.54, 1.807) is 0 Å². The molecule has 0 aliphatic rings. The van der Waals surface area contributed by atoms with Crippen LogP contribution in [0.15, 0.2) is 122 Å². The Balaban J connectivity index is 4.18. The smallest absolute Gasteiger partial charge is 0.306 e. The summed E-state index contributed by atoms with van der Waals surface area (Å²) in [6.45, 7) is 6.32. The van der Waals surface area contributed by atoms with Crippen molar-refractivity contribution in [2.45, 2.75) is 309 Å². The Morgan fingerprint density at radius 3 is 0.848 bits per heavy atom. The third-order valence-electron chi connectivity index (χ3n) is 13.9. The van der Waals surface area contributed by atoms with Gasteiger partial charge in [0, 0.05) is 19.3 Å². The molecular weight excluding hydrogens is 973 g/mol. The first kappa shape index (κ1) is 74.8. The Morgan fingerprint density at radius 1 is 0.266 bits per heavy atom. The second-order valence-corrected chi connectivity index (χ2v) is 21.6. The van der Waals surface area contributed by atoms with Crippen molar-refractivity contribution in [2.75, 3.05) is 13.2 Å². The number of rotatable bonds is 59. The van der Waals surface area contributed by atoms with Gasteiger partial charge in [0.2, 0.25) is 0 Å². The number of carbonyl (C=O) groups is 3. The molecule has 1 atom stereocenters. The molecule has 0 aromatic heterocycles. The summed E-state index contributed by atoms with van der Waals surface area (Å²) in [5, 5.41) is 0. The van der Waals surface area contributed by atoms with E-state index in [4.69, 9.17) is 14.2 Å². The zero-order valence-corrected chi connectivity index (χ0v) is 51.6. The van der Waals surface area contributed by atoms with Crippen LogP contribution in [0.4, 0.5) is 0 Å². The molecule has 0 heterocycles. The number of ether oxygens (including phenoxy) is 3. The lowest BCUT2D eigenvalue weighted by Gasteiger charge is -2.18. The predicted octanol–water partition coefficient (Wildman–Crippen LogP) is 22.8. The summed E-state index contributed by atoms with van der Waals surface area (Å²) < 4.78 is 16.8. The van der Waals surface area contributed by atoms with Gasteiger partial charge in [-0.3, -0.25) is 14.4 Å². The zero-order chi connectivity index (χ0) is 57.1. The van der Waals surface area contributed by atoms with Gasteiger partial charge in [-0.2, -0.15) is 0 Å². The SMILES string of the molecule is CC/C=C\C/C=C\C/C=C\C/C=C\CCCCCCCCCCCCCCCCCCCCCCC(=O)OCC(COC(=O)CC/C=C\C/C=C\C/C=C\C/C=C\CC)OC(=O)CCCCCCC/C=C\C/C=C\CCCCC. The van der Waals surface area contributed by atoms with Gasteiger partial charge in [0.15, 0.2) is 6.10 Å². The number of carbonyl (C=O) groups excluding carboxylic acids is 3. The third-order valence-corrected chi connectivity index (χ3v) is 13.9. The summed E-state index contributed by atoms with van der Waals surface area (Å²) in [6, 6.07) is 0. The van der Waals surface area contributed by atoms with E-state index in [9.17, 15) is 14.4 Å². The Morgan fingerprint density at radius 2 is 0.519 bits per heavy atom. The van der Waals surface area contributed by atoms with Crippen molar-refractivity contribution in [1.29, 1.82) is 0 Å².